The van der Waals surface area contributed by atoms with Crippen molar-refractivity contribution in [3.05, 3.63) is 29.0 Å². The van der Waals surface area contributed by atoms with Crippen LogP contribution in [0.5, 0.6) is 0 Å². The van der Waals surface area contributed by atoms with Gasteiger partial charge < -0.3 is 5.32 Å². The van der Waals surface area contributed by atoms with Crippen LogP contribution in [0.4, 0.5) is 13.2 Å². The van der Waals surface area contributed by atoms with E-state index in [1.54, 1.807) is 6.07 Å². The quantitative estimate of drug-likeness (QED) is 0.827. The van der Waals surface area contributed by atoms with Crippen molar-refractivity contribution in [2.45, 2.75) is 12.2 Å². The lowest BCUT2D eigenvalue weighted by Gasteiger charge is -2.14. The topological polar surface area (TPSA) is 37.3 Å². The molecule has 86 valence electrons. The molecular formula is C9H7ClF3N3. The van der Waals surface area contributed by atoms with Crippen molar-refractivity contribution in [2.75, 3.05) is 6.54 Å². The summed E-state index contributed by atoms with van der Waals surface area (Å²) in [6, 6.07) is 1.37. The number of nitrogens with one attached hydrogen (secondary N) is 1. The minimum absolute atomic E-state index is 0.129. The van der Waals surface area contributed by atoms with E-state index in [1.165, 1.54) is 12.3 Å². The maximum Gasteiger partial charge on any atom is 0.410 e. The number of amidine groups is 1. The van der Waals surface area contributed by atoms with E-state index < -0.39 is 12.2 Å². The average molecular weight is 250 g/mol. The Balaban J connectivity index is 2.15. The molecule has 0 radical (unpaired) electrons. The molecule has 0 aromatic carbocycles. The molecule has 1 aromatic rings. The van der Waals surface area contributed by atoms with Gasteiger partial charge in [-0.05, 0) is 12.1 Å². The number of aliphatic imine (C=N–C) groups is 1. The number of rotatable bonds is 1. The molecule has 1 aromatic heterocycles. The normalized spacial score (nSPS) is 20.5. The van der Waals surface area contributed by atoms with Gasteiger partial charge in [0, 0.05) is 11.2 Å². The highest BCUT2D eigenvalue weighted by atomic mass is 35.5. The molecule has 1 atom stereocenters. The molecule has 1 unspecified atom stereocenters. The largest absolute Gasteiger partial charge is 0.410 e. The van der Waals surface area contributed by atoms with E-state index in [0.717, 1.165) is 0 Å². The van der Waals surface area contributed by atoms with Crippen LogP contribution in [0, 0.1) is 0 Å². The Morgan fingerprint density at radius 3 is 2.75 bits per heavy atom. The Kier molecular flexibility index (Phi) is 2.75. The van der Waals surface area contributed by atoms with Gasteiger partial charge in [-0.15, -0.1) is 0 Å². The van der Waals surface area contributed by atoms with Crippen LogP contribution in [0.2, 0.25) is 5.02 Å². The van der Waals surface area contributed by atoms with Crippen molar-refractivity contribution >= 4 is 17.4 Å². The molecule has 2 heterocycles. The van der Waals surface area contributed by atoms with Gasteiger partial charge in [0.25, 0.3) is 0 Å². The standard InChI is InChI=1S/C9H7ClF3N3/c10-5-1-2-14-6(3-5)8-15-4-7(16-8)9(11,12)13/h1-3,7H,4H2,(H,15,16). The van der Waals surface area contributed by atoms with Crippen molar-refractivity contribution in [3.63, 3.8) is 0 Å². The molecule has 0 saturated heterocycles. The lowest BCUT2D eigenvalue weighted by atomic mass is 10.3. The second-order valence-electron chi connectivity index (χ2n) is 3.29. The third-order valence-electron chi connectivity index (χ3n) is 2.10. The predicted octanol–water partition coefficient (Wildman–Crippen LogP) is 2.02. The van der Waals surface area contributed by atoms with E-state index in [0.29, 0.717) is 10.7 Å². The van der Waals surface area contributed by atoms with E-state index in [2.05, 4.69) is 15.3 Å². The molecule has 0 bridgehead atoms. The second kappa shape index (κ2) is 3.93. The van der Waals surface area contributed by atoms with Crippen molar-refractivity contribution in [1.29, 1.82) is 0 Å². The summed E-state index contributed by atoms with van der Waals surface area (Å²) in [7, 11) is 0. The first kappa shape index (κ1) is 11.2. The Morgan fingerprint density at radius 2 is 2.19 bits per heavy atom. The van der Waals surface area contributed by atoms with Gasteiger partial charge in [0.05, 0.1) is 6.54 Å². The third kappa shape index (κ3) is 2.27. The summed E-state index contributed by atoms with van der Waals surface area (Å²) in [5, 5.41) is 2.69. The third-order valence-corrected chi connectivity index (χ3v) is 2.34. The van der Waals surface area contributed by atoms with Crippen LogP contribution in [0.15, 0.2) is 23.3 Å². The van der Waals surface area contributed by atoms with Gasteiger partial charge in [-0.2, -0.15) is 13.2 Å². The maximum atomic E-state index is 12.3. The SMILES string of the molecule is FC(F)(F)C1CN=C(c2cc(Cl)ccn2)N1. The van der Waals surface area contributed by atoms with Crippen LogP contribution in [0.25, 0.3) is 0 Å². The molecule has 1 aliphatic heterocycles. The number of alkyl halides is 3. The zero-order chi connectivity index (χ0) is 11.8. The number of pyridine rings is 1. The van der Waals surface area contributed by atoms with Gasteiger partial charge in [0.2, 0.25) is 0 Å². The molecule has 0 saturated carbocycles. The smallest absolute Gasteiger partial charge is 0.356 e. The Morgan fingerprint density at radius 1 is 1.44 bits per heavy atom. The van der Waals surface area contributed by atoms with E-state index in [1.807, 2.05) is 0 Å². The molecule has 0 spiro atoms. The highest BCUT2D eigenvalue weighted by molar-refractivity contribution is 6.30. The molecular weight excluding hydrogens is 243 g/mol. The molecule has 1 aliphatic rings. The number of hydrogen-bond acceptors (Lipinski definition) is 3. The van der Waals surface area contributed by atoms with Crippen LogP contribution >= 0.6 is 11.6 Å². The lowest BCUT2D eigenvalue weighted by Crippen LogP contribution is -2.42. The summed E-state index contributed by atoms with van der Waals surface area (Å²) in [4.78, 5) is 7.65. The van der Waals surface area contributed by atoms with E-state index in [9.17, 15) is 13.2 Å². The summed E-state index contributed by atoms with van der Waals surface area (Å²) in [6.07, 6.45) is -2.88. The molecule has 16 heavy (non-hydrogen) atoms. The highest BCUT2D eigenvalue weighted by Crippen LogP contribution is 2.23. The summed E-state index contributed by atoms with van der Waals surface area (Å²) in [6.45, 7) is -0.326. The summed E-state index contributed by atoms with van der Waals surface area (Å²) < 4.78 is 37.0. The molecule has 0 aliphatic carbocycles. The van der Waals surface area contributed by atoms with Gasteiger partial charge in [0.15, 0.2) is 0 Å². The second-order valence-corrected chi connectivity index (χ2v) is 3.72. The molecule has 7 heteroatoms. The fourth-order valence-electron chi connectivity index (χ4n) is 1.31. The fraction of sp³-hybridized carbons (Fsp3) is 0.333. The van der Waals surface area contributed by atoms with Crippen molar-refractivity contribution in [3.8, 4) is 0 Å². The van der Waals surface area contributed by atoms with Gasteiger partial charge in [-0.25, -0.2) is 0 Å². The summed E-state index contributed by atoms with van der Waals surface area (Å²) in [5.41, 5.74) is 0.319. The molecule has 2 rings (SSSR count). The maximum absolute atomic E-state index is 12.3. The molecule has 0 amide bonds. The van der Waals surface area contributed by atoms with Crippen molar-refractivity contribution in [2.24, 2.45) is 4.99 Å². The van der Waals surface area contributed by atoms with Crippen LogP contribution in [0.3, 0.4) is 0 Å². The predicted molar refractivity (Wildman–Crippen MR) is 53.6 cm³/mol. The molecule has 0 fully saturated rings. The highest BCUT2D eigenvalue weighted by Gasteiger charge is 2.42. The van der Waals surface area contributed by atoms with Crippen LogP contribution in [-0.4, -0.2) is 29.6 Å². The zero-order valence-electron chi connectivity index (χ0n) is 7.92. The van der Waals surface area contributed by atoms with E-state index in [4.69, 9.17) is 11.6 Å². The van der Waals surface area contributed by atoms with Crippen LogP contribution < -0.4 is 5.32 Å². The monoisotopic (exact) mass is 249 g/mol. The summed E-state index contributed by atoms with van der Waals surface area (Å²) >= 11 is 5.70. The van der Waals surface area contributed by atoms with Gasteiger partial charge in [0.1, 0.15) is 17.6 Å². The molecule has 1 N–H and O–H groups in total. The Hall–Kier alpha value is -1.30. The number of nitrogens with zero attached hydrogens (tertiary/aromatic N) is 2. The number of hydrogen-bond donors (Lipinski definition) is 1. The minimum atomic E-state index is -4.30. The van der Waals surface area contributed by atoms with E-state index in [-0.39, 0.29) is 12.4 Å². The number of aromatic nitrogens is 1. The zero-order valence-corrected chi connectivity index (χ0v) is 8.68. The Bertz CT molecular complexity index is 430. The first-order chi connectivity index (χ1) is 7.47. The van der Waals surface area contributed by atoms with Gasteiger partial charge in [-0.1, -0.05) is 11.6 Å². The fourth-order valence-corrected chi connectivity index (χ4v) is 1.47. The Labute approximate surface area is 94.4 Å². The number of halogens is 4. The van der Waals surface area contributed by atoms with Crippen LogP contribution in [0.1, 0.15) is 5.69 Å². The summed E-state index contributed by atoms with van der Waals surface area (Å²) in [5.74, 6) is 0.129. The van der Waals surface area contributed by atoms with E-state index >= 15 is 0 Å². The van der Waals surface area contributed by atoms with Crippen LogP contribution in [-0.2, 0) is 0 Å². The van der Waals surface area contributed by atoms with Gasteiger partial charge >= 0.3 is 6.18 Å². The average Bonchev–Trinajstić information content (AvgIpc) is 2.65. The minimum Gasteiger partial charge on any atom is -0.356 e. The van der Waals surface area contributed by atoms with Gasteiger partial charge in [-0.3, -0.25) is 9.98 Å². The van der Waals surface area contributed by atoms with Crippen molar-refractivity contribution < 1.29 is 13.2 Å². The first-order valence-electron chi connectivity index (χ1n) is 4.46. The molecule has 3 nitrogen and oxygen atoms in total. The van der Waals surface area contributed by atoms with Crippen molar-refractivity contribution in [1.82, 2.24) is 10.3 Å². The first-order valence-corrected chi connectivity index (χ1v) is 4.84. The lowest BCUT2D eigenvalue weighted by molar-refractivity contribution is -0.147.